The molecule has 0 spiro atoms. The largest absolute Gasteiger partial charge is 0.497 e. The van der Waals surface area contributed by atoms with Crippen LogP contribution >= 0.6 is 0 Å². The number of ketones is 1. The van der Waals surface area contributed by atoms with Gasteiger partial charge in [-0.1, -0.05) is 31.2 Å². The van der Waals surface area contributed by atoms with E-state index < -0.39 is 0 Å². The molecular formula is C21H22N2O2. The zero-order valence-electron chi connectivity index (χ0n) is 14.5. The van der Waals surface area contributed by atoms with Crippen LogP contribution in [0.1, 0.15) is 31.4 Å². The SMILES string of the molecule is COc1ccc([C@H]2Nc3ccccc3NC3=C2C(=O)C[C@@H](C)C3)cc1. The summed E-state index contributed by atoms with van der Waals surface area (Å²) in [5.74, 6) is 1.40. The second kappa shape index (κ2) is 6.28. The second-order valence-corrected chi connectivity index (χ2v) is 6.85. The summed E-state index contributed by atoms with van der Waals surface area (Å²) in [4.78, 5) is 12.9. The Hall–Kier alpha value is -2.75. The average molecular weight is 334 g/mol. The molecule has 0 amide bonds. The van der Waals surface area contributed by atoms with Gasteiger partial charge in [0.25, 0.3) is 0 Å². The van der Waals surface area contributed by atoms with Gasteiger partial charge in [0.15, 0.2) is 5.78 Å². The Balaban J connectivity index is 1.84. The highest BCUT2D eigenvalue weighted by atomic mass is 16.5. The minimum absolute atomic E-state index is 0.156. The van der Waals surface area contributed by atoms with Crippen molar-refractivity contribution in [3.63, 3.8) is 0 Å². The fraction of sp³-hybridized carbons (Fsp3) is 0.286. The van der Waals surface area contributed by atoms with E-state index in [1.54, 1.807) is 7.11 Å². The van der Waals surface area contributed by atoms with Gasteiger partial charge < -0.3 is 15.4 Å². The standard InChI is InChI=1S/C21H22N2O2/c1-13-11-18-20(19(24)12-13)21(14-7-9-15(25-2)10-8-14)23-17-6-4-3-5-16(17)22-18/h3-10,13,21-23H,11-12H2,1-2H3/t13-,21+/m0/s1. The molecule has 4 heteroatoms. The molecule has 1 aliphatic heterocycles. The molecule has 25 heavy (non-hydrogen) atoms. The van der Waals surface area contributed by atoms with Crippen LogP contribution in [0.2, 0.25) is 0 Å². The summed E-state index contributed by atoms with van der Waals surface area (Å²) in [6, 6.07) is 15.9. The van der Waals surface area contributed by atoms with Crippen LogP contribution in [0.4, 0.5) is 11.4 Å². The van der Waals surface area contributed by atoms with E-state index in [1.807, 2.05) is 48.5 Å². The number of carbonyl (C=O) groups is 1. The number of nitrogens with one attached hydrogen (secondary N) is 2. The van der Waals surface area contributed by atoms with Gasteiger partial charge in [0.2, 0.25) is 0 Å². The molecule has 0 radical (unpaired) electrons. The molecule has 0 unspecified atom stereocenters. The molecule has 4 rings (SSSR count). The van der Waals surface area contributed by atoms with E-state index in [0.29, 0.717) is 12.3 Å². The molecule has 0 aromatic heterocycles. The molecule has 2 aromatic rings. The van der Waals surface area contributed by atoms with E-state index in [9.17, 15) is 4.79 Å². The first-order chi connectivity index (χ1) is 12.2. The lowest BCUT2D eigenvalue weighted by atomic mass is 9.82. The molecular weight excluding hydrogens is 312 g/mol. The van der Waals surface area contributed by atoms with Crippen molar-refractivity contribution in [3.8, 4) is 5.75 Å². The van der Waals surface area contributed by atoms with Gasteiger partial charge in [-0.05, 0) is 42.2 Å². The van der Waals surface area contributed by atoms with Crippen LogP contribution in [0.15, 0.2) is 59.8 Å². The summed E-state index contributed by atoms with van der Waals surface area (Å²) >= 11 is 0. The van der Waals surface area contributed by atoms with Crippen LogP contribution < -0.4 is 15.4 Å². The van der Waals surface area contributed by atoms with E-state index in [4.69, 9.17) is 4.74 Å². The molecule has 0 fully saturated rings. The molecule has 2 aliphatic rings. The van der Waals surface area contributed by atoms with Gasteiger partial charge in [-0.2, -0.15) is 0 Å². The first-order valence-electron chi connectivity index (χ1n) is 8.68. The Kier molecular flexibility index (Phi) is 3.96. The topological polar surface area (TPSA) is 50.4 Å². The third kappa shape index (κ3) is 2.88. The highest BCUT2D eigenvalue weighted by Gasteiger charge is 2.34. The fourth-order valence-corrected chi connectivity index (χ4v) is 3.73. The van der Waals surface area contributed by atoms with Gasteiger partial charge in [0, 0.05) is 17.7 Å². The Morgan fingerprint density at radius 3 is 2.44 bits per heavy atom. The van der Waals surface area contributed by atoms with E-state index in [1.165, 1.54) is 0 Å². The van der Waals surface area contributed by atoms with Crippen molar-refractivity contribution >= 4 is 17.2 Å². The average Bonchev–Trinajstić information content (AvgIpc) is 2.78. The van der Waals surface area contributed by atoms with E-state index >= 15 is 0 Å². The lowest BCUT2D eigenvalue weighted by Crippen LogP contribution is -2.26. The number of fused-ring (bicyclic) bond motifs is 1. The monoisotopic (exact) mass is 334 g/mol. The number of benzene rings is 2. The Morgan fingerprint density at radius 1 is 1.00 bits per heavy atom. The van der Waals surface area contributed by atoms with Gasteiger partial charge in [-0.15, -0.1) is 0 Å². The molecule has 0 saturated carbocycles. The van der Waals surface area contributed by atoms with Crippen molar-refractivity contribution in [2.24, 2.45) is 5.92 Å². The number of hydrogen-bond donors (Lipinski definition) is 2. The second-order valence-electron chi connectivity index (χ2n) is 6.85. The zero-order chi connectivity index (χ0) is 17.4. The van der Waals surface area contributed by atoms with E-state index in [2.05, 4.69) is 17.6 Å². The number of methoxy groups -OCH3 is 1. The predicted octanol–water partition coefficient (Wildman–Crippen LogP) is 4.53. The van der Waals surface area contributed by atoms with Gasteiger partial charge in [-0.25, -0.2) is 0 Å². The maximum absolute atomic E-state index is 12.9. The summed E-state index contributed by atoms with van der Waals surface area (Å²) in [7, 11) is 1.66. The van der Waals surface area contributed by atoms with Gasteiger partial charge in [0.1, 0.15) is 5.75 Å². The fourth-order valence-electron chi connectivity index (χ4n) is 3.73. The van der Waals surface area contributed by atoms with Crippen LogP contribution in [0, 0.1) is 5.92 Å². The van der Waals surface area contributed by atoms with Crippen molar-refractivity contribution in [1.29, 1.82) is 0 Å². The quantitative estimate of drug-likeness (QED) is 0.847. The van der Waals surface area contributed by atoms with Crippen molar-refractivity contribution in [1.82, 2.24) is 0 Å². The van der Waals surface area contributed by atoms with Gasteiger partial charge in [0.05, 0.1) is 24.5 Å². The molecule has 2 atom stereocenters. The normalized spacial score (nSPS) is 22.2. The number of ether oxygens (including phenoxy) is 1. The minimum atomic E-state index is -0.156. The van der Waals surface area contributed by atoms with Gasteiger partial charge in [-0.3, -0.25) is 4.79 Å². The maximum atomic E-state index is 12.9. The lowest BCUT2D eigenvalue weighted by molar-refractivity contribution is -0.117. The van der Waals surface area contributed by atoms with Crippen molar-refractivity contribution < 1.29 is 9.53 Å². The molecule has 0 saturated heterocycles. The van der Waals surface area contributed by atoms with E-state index in [-0.39, 0.29) is 11.8 Å². The molecule has 1 aliphatic carbocycles. The third-order valence-corrected chi connectivity index (χ3v) is 4.96. The predicted molar refractivity (Wildman–Crippen MR) is 99.9 cm³/mol. The van der Waals surface area contributed by atoms with Crippen LogP contribution in [0.3, 0.4) is 0 Å². The number of hydrogen-bond acceptors (Lipinski definition) is 4. The zero-order valence-corrected chi connectivity index (χ0v) is 14.5. The summed E-state index contributed by atoms with van der Waals surface area (Å²) in [6.45, 7) is 2.13. The number of allylic oxidation sites excluding steroid dienone is 1. The summed E-state index contributed by atoms with van der Waals surface area (Å²) < 4.78 is 5.27. The lowest BCUT2D eigenvalue weighted by Gasteiger charge is -2.28. The van der Waals surface area contributed by atoms with Crippen LogP contribution in [-0.2, 0) is 4.79 Å². The highest BCUT2D eigenvalue weighted by molar-refractivity contribution is 6.00. The summed E-state index contributed by atoms with van der Waals surface area (Å²) in [5, 5.41) is 7.09. The third-order valence-electron chi connectivity index (χ3n) is 4.96. The first kappa shape index (κ1) is 15.8. The molecule has 0 bridgehead atoms. The number of carbonyl (C=O) groups excluding carboxylic acids is 1. The highest BCUT2D eigenvalue weighted by Crippen LogP contribution is 2.41. The smallest absolute Gasteiger partial charge is 0.163 e. The van der Waals surface area contributed by atoms with Crippen molar-refractivity contribution in [2.75, 3.05) is 17.7 Å². The molecule has 128 valence electrons. The number of anilines is 2. The molecule has 4 nitrogen and oxygen atoms in total. The Bertz CT molecular complexity index is 839. The molecule has 2 N–H and O–H groups in total. The summed E-state index contributed by atoms with van der Waals surface area (Å²) in [6.07, 6.45) is 1.49. The van der Waals surface area contributed by atoms with Crippen molar-refractivity contribution in [3.05, 3.63) is 65.4 Å². The molecule has 1 heterocycles. The minimum Gasteiger partial charge on any atom is -0.497 e. The Labute approximate surface area is 147 Å². The maximum Gasteiger partial charge on any atom is 0.163 e. The van der Waals surface area contributed by atoms with Crippen LogP contribution in [0.25, 0.3) is 0 Å². The summed E-state index contributed by atoms with van der Waals surface area (Å²) in [5.41, 5.74) is 5.00. The van der Waals surface area contributed by atoms with E-state index in [0.717, 1.165) is 40.4 Å². The van der Waals surface area contributed by atoms with Crippen molar-refractivity contribution in [2.45, 2.75) is 25.8 Å². The molecule has 2 aromatic carbocycles. The van der Waals surface area contributed by atoms with Crippen LogP contribution in [-0.4, -0.2) is 12.9 Å². The number of Topliss-reactive ketones (excluding diaryl/α,β-unsaturated/α-hetero) is 1. The first-order valence-corrected chi connectivity index (χ1v) is 8.68. The number of para-hydroxylation sites is 2. The van der Waals surface area contributed by atoms with Crippen LogP contribution in [0.5, 0.6) is 5.75 Å². The number of rotatable bonds is 2. The Morgan fingerprint density at radius 2 is 1.72 bits per heavy atom. The van der Waals surface area contributed by atoms with Gasteiger partial charge >= 0.3 is 0 Å².